The van der Waals surface area contributed by atoms with Crippen LogP contribution in [0.2, 0.25) is 0 Å². The van der Waals surface area contributed by atoms with Crippen molar-refractivity contribution in [2.45, 2.75) is 45.7 Å². The van der Waals surface area contributed by atoms with E-state index < -0.39 is 0 Å². The largest absolute Gasteiger partial charge is 0.507 e. The summed E-state index contributed by atoms with van der Waals surface area (Å²) in [5.41, 5.74) is 2.19. The van der Waals surface area contributed by atoms with E-state index in [0.717, 1.165) is 18.4 Å². The molecule has 1 aromatic carbocycles. The molecule has 122 valence electrons. The molecule has 1 aromatic rings. The summed E-state index contributed by atoms with van der Waals surface area (Å²) < 4.78 is 0. The van der Waals surface area contributed by atoms with E-state index in [1.807, 2.05) is 32.9 Å². The lowest BCUT2D eigenvalue weighted by Gasteiger charge is -2.09. The van der Waals surface area contributed by atoms with Gasteiger partial charge in [-0.25, -0.2) is 0 Å². The number of aliphatic hydroxyl groups excluding tert-OH is 2. The lowest BCUT2D eigenvalue weighted by molar-refractivity contribution is 0.264. The van der Waals surface area contributed by atoms with E-state index in [-0.39, 0.29) is 31.0 Å². The van der Waals surface area contributed by atoms with Gasteiger partial charge >= 0.3 is 0 Å². The number of phenols is 1. The van der Waals surface area contributed by atoms with Crippen LogP contribution in [0, 0.1) is 6.92 Å². The Kier molecular flexibility index (Phi) is 7.77. The topological polar surface area (TPSA) is 85.4 Å². The van der Waals surface area contributed by atoms with Crippen LogP contribution < -0.4 is 0 Å². The summed E-state index contributed by atoms with van der Waals surface area (Å²) in [5.74, 6) is 0.110. The summed E-state index contributed by atoms with van der Waals surface area (Å²) in [6.45, 7) is 5.81. The molecule has 0 aliphatic carbocycles. The number of rotatable bonds is 8. The Hall–Kier alpha value is -1.72. The maximum atomic E-state index is 10.3. The Morgan fingerprint density at radius 1 is 0.955 bits per heavy atom. The van der Waals surface area contributed by atoms with Gasteiger partial charge in [0.1, 0.15) is 5.75 Å². The van der Waals surface area contributed by atoms with Crippen molar-refractivity contribution in [3.8, 4) is 5.75 Å². The predicted molar refractivity (Wildman–Crippen MR) is 90.4 cm³/mol. The van der Waals surface area contributed by atoms with Gasteiger partial charge in [-0.3, -0.25) is 9.98 Å². The number of hydrogen-bond acceptors (Lipinski definition) is 5. The van der Waals surface area contributed by atoms with Gasteiger partial charge in [-0.15, -0.1) is 0 Å². The Labute approximate surface area is 132 Å². The number of aromatic hydroxyl groups is 1. The summed E-state index contributed by atoms with van der Waals surface area (Å²) >= 11 is 0. The van der Waals surface area contributed by atoms with Crippen LogP contribution in [0.5, 0.6) is 5.75 Å². The fraction of sp³-hybridized carbons (Fsp3) is 0.529. The molecule has 3 N–H and O–H groups in total. The zero-order valence-electron chi connectivity index (χ0n) is 13.5. The van der Waals surface area contributed by atoms with E-state index in [4.69, 9.17) is 10.2 Å². The molecule has 0 aliphatic rings. The van der Waals surface area contributed by atoms with E-state index >= 15 is 0 Å². The molecule has 2 unspecified atom stereocenters. The highest BCUT2D eigenvalue weighted by Gasteiger charge is 2.08. The second-order valence-corrected chi connectivity index (χ2v) is 5.34. The normalized spacial score (nSPS) is 14.8. The first-order chi connectivity index (χ1) is 10.5. The first kappa shape index (κ1) is 18.3. The van der Waals surface area contributed by atoms with E-state index in [2.05, 4.69) is 9.98 Å². The number of nitrogens with zero attached hydrogens (tertiary/aromatic N) is 2. The van der Waals surface area contributed by atoms with E-state index in [1.54, 1.807) is 12.4 Å². The highest BCUT2D eigenvalue weighted by atomic mass is 16.3. The van der Waals surface area contributed by atoms with Crippen LogP contribution in [0.15, 0.2) is 22.1 Å². The first-order valence-corrected chi connectivity index (χ1v) is 7.67. The molecule has 0 saturated carbocycles. The summed E-state index contributed by atoms with van der Waals surface area (Å²) in [7, 11) is 0. The maximum absolute atomic E-state index is 10.3. The molecule has 0 amide bonds. The maximum Gasteiger partial charge on any atom is 0.133 e. The van der Waals surface area contributed by atoms with Gasteiger partial charge in [0.25, 0.3) is 0 Å². The molecule has 1 rings (SSSR count). The van der Waals surface area contributed by atoms with Crippen molar-refractivity contribution >= 4 is 12.4 Å². The molecule has 5 heteroatoms. The van der Waals surface area contributed by atoms with Crippen molar-refractivity contribution in [2.75, 3.05) is 13.2 Å². The van der Waals surface area contributed by atoms with Gasteiger partial charge in [-0.1, -0.05) is 13.8 Å². The summed E-state index contributed by atoms with van der Waals surface area (Å²) in [6.07, 6.45) is 4.66. The van der Waals surface area contributed by atoms with Crippen molar-refractivity contribution in [3.05, 3.63) is 28.8 Å². The zero-order chi connectivity index (χ0) is 16.5. The van der Waals surface area contributed by atoms with Gasteiger partial charge in [0, 0.05) is 23.6 Å². The minimum Gasteiger partial charge on any atom is -0.507 e. The molecule has 0 fully saturated rings. The minimum atomic E-state index is -0.157. The number of hydrogen-bond donors (Lipinski definition) is 3. The van der Waals surface area contributed by atoms with Gasteiger partial charge in [-0.05, 0) is 37.5 Å². The van der Waals surface area contributed by atoms with Crippen LogP contribution in [0.25, 0.3) is 0 Å². The van der Waals surface area contributed by atoms with Crippen molar-refractivity contribution in [1.82, 2.24) is 0 Å². The van der Waals surface area contributed by atoms with E-state index in [0.29, 0.717) is 11.1 Å². The second kappa shape index (κ2) is 9.33. The van der Waals surface area contributed by atoms with Crippen molar-refractivity contribution in [3.63, 3.8) is 0 Å². The lowest BCUT2D eigenvalue weighted by atomic mass is 10.1. The fourth-order valence-electron chi connectivity index (χ4n) is 1.97. The van der Waals surface area contributed by atoms with Crippen LogP contribution in [-0.2, 0) is 0 Å². The molecule has 22 heavy (non-hydrogen) atoms. The molecular weight excluding hydrogens is 280 g/mol. The Morgan fingerprint density at radius 3 is 1.68 bits per heavy atom. The molecule has 2 atom stereocenters. The second-order valence-electron chi connectivity index (χ2n) is 5.34. The number of aliphatic hydroxyl groups is 2. The molecule has 0 aliphatic heterocycles. The Balaban J connectivity index is 3.07. The van der Waals surface area contributed by atoms with Crippen LogP contribution in [0.3, 0.4) is 0 Å². The third-order valence-electron chi connectivity index (χ3n) is 3.53. The van der Waals surface area contributed by atoms with Gasteiger partial charge in [0.05, 0.1) is 25.3 Å². The summed E-state index contributed by atoms with van der Waals surface area (Å²) in [4.78, 5) is 8.56. The van der Waals surface area contributed by atoms with Crippen molar-refractivity contribution in [1.29, 1.82) is 0 Å². The average molecular weight is 306 g/mol. The van der Waals surface area contributed by atoms with E-state index in [9.17, 15) is 5.11 Å². The molecular formula is C17H26N2O3. The van der Waals surface area contributed by atoms with Gasteiger partial charge in [-0.2, -0.15) is 0 Å². The summed E-state index contributed by atoms with van der Waals surface area (Å²) in [5, 5.41) is 28.6. The van der Waals surface area contributed by atoms with E-state index in [1.165, 1.54) is 0 Å². The zero-order valence-corrected chi connectivity index (χ0v) is 13.5. The van der Waals surface area contributed by atoms with Crippen LogP contribution in [0.1, 0.15) is 43.4 Å². The predicted octanol–water partition coefficient (Wildman–Crippen LogP) is 2.08. The minimum absolute atomic E-state index is 0.0113. The monoisotopic (exact) mass is 306 g/mol. The summed E-state index contributed by atoms with van der Waals surface area (Å²) in [6, 6.07) is 3.36. The van der Waals surface area contributed by atoms with Crippen LogP contribution >= 0.6 is 0 Å². The molecule has 0 radical (unpaired) electrons. The third kappa shape index (κ3) is 5.24. The fourth-order valence-corrected chi connectivity index (χ4v) is 1.97. The van der Waals surface area contributed by atoms with Crippen LogP contribution in [0.4, 0.5) is 0 Å². The van der Waals surface area contributed by atoms with Gasteiger partial charge in [0.15, 0.2) is 0 Å². The number of aliphatic imine (C=N–C) groups is 2. The molecule has 0 spiro atoms. The lowest BCUT2D eigenvalue weighted by Crippen LogP contribution is -2.09. The molecule has 0 heterocycles. The molecule has 0 saturated heterocycles. The third-order valence-corrected chi connectivity index (χ3v) is 3.53. The van der Waals surface area contributed by atoms with Crippen LogP contribution in [-0.4, -0.2) is 53.0 Å². The van der Waals surface area contributed by atoms with Crippen molar-refractivity contribution < 1.29 is 15.3 Å². The highest BCUT2D eigenvalue weighted by molar-refractivity contribution is 5.92. The molecule has 0 bridgehead atoms. The Morgan fingerprint density at radius 2 is 1.36 bits per heavy atom. The van der Waals surface area contributed by atoms with Gasteiger partial charge in [0.2, 0.25) is 0 Å². The number of phenolic OH excluding ortho intramolecular Hbond substituents is 1. The molecule has 5 nitrogen and oxygen atoms in total. The number of aryl methyl sites for hydroxylation is 1. The number of benzene rings is 1. The van der Waals surface area contributed by atoms with Gasteiger partial charge < -0.3 is 15.3 Å². The molecule has 0 aromatic heterocycles. The standard InChI is InChI=1S/C17H26N2O3/c1-4-15(10-20)18-8-13-6-12(3)7-14(17(13)22)9-19-16(5-2)11-21/h6-9,15-16,20-22H,4-5,10-11H2,1-3H3. The SMILES string of the molecule is CCC(CO)N=Cc1cc(C)cc(C=NC(CC)CO)c1O. The smallest absolute Gasteiger partial charge is 0.133 e. The first-order valence-electron chi connectivity index (χ1n) is 7.67. The quantitative estimate of drug-likeness (QED) is 0.643. The Bertz CT molecular complexity index is 476. The van der Waals surface area contributed by atoms with Crippen molar-refractivity contribution in [2.24, 2.45) is 9.98 Å². The average Bonchev–Trinajstić information content (AvgIpc) is 2.52. The highest BCUT2D eigenvalue weighted by Crippen LogP contribution is 2.22.